The first-order valence-electron chi connectivity index (χ1n) is 4.91. The highest BCUT2D eigenvalue weighted by Gasteiger charge is 2.35. The van der Waals surface area contributed by atoms with E-state index in [2.05, 4.69) is 25.3 Å². The molecule has 0 aromatic carbocycles. The van der Waals surface area contributed by atoms with Gasteiger partial charge < -0.3 is 5.73 Å². The summed E-state index contributed by atoms with van der Waals surface area (Å²) in [5.74, 6) is 0.580. The van der Waals surface area contributed by atoms with Crippen molar-refractivity contribution >= 4 is 11.3 Å². The first kappa shape index (κ1) is 9.22. The molecular weight excluding hydrogens is 178 g/mol. The van der Waals surface area contributed by atoms with Gasteiger partial charge in [0.15, 0.2) is 0 Å². The maximum atomic E-state index is 5.86. The summed E-state index contributed by atoms with van der Waals surface area (Å²) in [6, 6.07) is 2.26. The third-order valence-electron chi connectivity index (χ3n) is 3.31. The van der Waals surface area contributed by atoms with Crippen molar-refractivity contribution in [2.75, 3.05) is 6.54 Å². The Balaban J connectivity index is 2.41. The molecule has 2 heteroatoms. The molecule has 2 rings (SSSR count). The van der Waals surface area contributed by atoms with Gasteiger partial charge in [-0.15, -0.1) is 11.3 Å². The molecule has 0 saturated heterocycles. The van der Waals surface area contributed by atoms with E-state index in [1.165, 1.54) is 12.8 Å². The van der Waals surface area contributed by atoms with Crippen LogP contribution in [0.25, 0.3) is 0 Å². The van der Waals surface area contributed by atoms with Crippen LogP contribution in [-0.2, 0) is 6.42 Å². The van der Waals surface area contributed by atoms with E-state index in [9.17, 15) is 0 Å². The highest BCUT2D eigenvalue weighted by Crippen LogP contribution is 2.46. The lowest BCUT2D eigenvalue weighted by molar-refractivity contribution is 0.253. The molecule has 1 aromatic heterocycles. The van der Waals surface area contributed by atoms with Crippen LogP contribution in [0, 0.1) is 5.41 Å². The maximum Gasteiger partial charge on any atom is 0.0126 e. The SMILES string of the molecule is CC1(C)CCc2ccsc2C1CN. The van der Waals surface area contributed by atoms with E-state index < -0.39 is 0 Å². The van der Waals surface area contributed by atoms with Crippen LogP contribution in [0.2, 0.25) is 0 Å². The van der Waals surface area contributed by atoms with Gasteiger partial charge in [-0.25, -0.2) is 0 Å². The van der Waals surface area contributed by atoms with E-state index in [0.29, 0.717) is 11.3 Å². The molecule has 1 aromatic rings. The Morgan fingerprint density at radius 1 is 1.62 bits per heavy atom. The molecule has 72 valence electrons. The normalized spacial score (nSPS) is 25.6. The molecule has 0 radical (unpaired) electrons. The van der Waals surface area contributed by atoms with Crippen LogP contribution in [0.1, 0.15) is 36.6 Å². The number of hydrogen-bond donors (Lipinski definition) is 1. The van der Waals surface area contributed by atoms with Crippen molar-refractivity contribution in [3.05, 3.63) is 21.9 Å². The summed E-state index contributed by atoms with van der Waals surface area (Å²) >= 11 is 1.88. The van der Waals surface area contributed by atoms with E-state index in [-0.39, 0.29) is 0 Å². The van der Waals surface area contributed by atoms with Crippen LogP contribution in [0.3, 0.4) is 0 Å². The summed E-state index contributed by atoms with van der Waals surface area (Å²) in [6.07, 6.45) is 2.51. The second kappa shape index (κ2) is 3.10. The molecule has 1 aliphatic rings. The molecule has 0 fully saturated rings. The molecule has 1 atom stereocenters. The molecule has 1 unspecified atom stereocenters. The van der Waals surface area contributed by atoms with Crippen LogP contribution in [0.4, 0.5) is 0 Å². The van der Waals surface area contributed by atoms with Crippen molar-refractivity contribution in [3.8, 4) is 0 Å². The molecule has 0 spiro atoms. The number of fused-ring (bicyclic) bond motifs is 1. The molecule has 0 aliphatic heterocycles. The van der Waals surface area contributed by atoms with Crippen molar-refractivity contribution in [1.82, 2.24) is 0 Å². The summed E-state index contributed by atoms with van der Waals surface area (Å²) in [6.45, 7) is 5.47. The van der Waals surface area contributed by atoms with Gasteiger partial charge in [0.2, 0.25) is 0 Å². The predicted octanol–water partition coefficient (Wildman–Crippen LogP) is 2.76. The Morgan fingerprint density at radius 2 is 2.38 bits per heavy atom. The minimum atomic E-state index is 0.395. The standard InChI is InChI=1S/C11H17NS/c1-11(2)5-3-8-4-6-13-10(8)9(11)7-12/h4,6,9H,3,5,7,12H2,1-2H3. The van der Waals surface area contributed by atoms with E-state index in [4.69, 9.17) is 5.73 Å². The second-order valence-corrected chi connectivity index (χ2v) is 5.53. The number of nitrogens with two attached hydrogens (primary N) is 1. The number of hydrogen-bond acceptors (Lipinski definition) is 2. The third-order valence-corrected chi connectivity index (χ3v) is 4.39. The van der Waals surface area contributed by atoms with Crippen molar-refractivity contribution in [1.29, 1.82) is 0 Å². The van der Waals surface area contributed by atoms with Crippen LogP contribution in [0.5, 0.6) is 0 Å². The predicted molar refractivity (Wildman–Crippen MR) is 58.2 cm³/mol. The minimum Gasteiger partial charge on any atom is -0.330 e. The Hall–Kier alpha value is -0.340. The molecular formula is C11H17NS. The number of thiophene rings is 1. The largest absolute Gasteiger partial charge is 0.330 e. The van der Waals surface area contributed by atoms with Crippen LogP contribution >= 0.6 is 11.3 Å². The smallest absolute Gasteiger partial charge is 0.0126 e. The average molecular weight is 195 g/mol. The lowest BCUT2D eigenvalue weighted by atomic mass is 9.69. The lowest BCUT2D eigenvalue weighted by Crippen LogP contribution is -2.32. The van der Waals surface area contributed by atoms with Gasteiger partial charge in [-0.2, -0.15) is 0 Å². The fourth-order valence-electron chi connectivity index (χ4n) is 2.27. The van der Waals surface area contributed by atoms with Crippen LogP contribution < -0.4 is 5.73 Å². The molecule has 0 saturated carbocycles. The van der Waals surface area contributed by atoms with E-state index in [1.54, 1.807) is 10.4 Å². The van der Waals surface area contributed by atoms with E-state index in [1.807, 2.05) is 11.3 Å². The van der Waals surface area contributed by atoms with Crippen LogP contribution in [0.15, 0.2) is 11.4 Å². The molecule has 0 bridgehead atoms. The van der Waals surface area contributed by atoms with Gasteiger partial charge in [0.1, 0.15) is 0 Å². The number of rotatable bonds is 1. The second-order valence-electron chi connectivity index (χ2n) is 4.59. The summed E-state index contributed by atoms with van der Waals surface area (Å²) in [7, 11) is 0. The molecule has 1 heterocycles. The monoisotopic (exact) mass is 195 g/mol. The zero-order chi connectivity index (χ0) is 9.47. The van der Waals surface area contributed by atoms with Crippen molar-refractivity contribution < 1.29 is 0 Å². The van der Waals surface area contributed by atoms with Crippen molar-refractivity contribution in [2.24, 2.45) is 11.1 Å². The maximum absolute atomic E-state index is 5.86. The third kappa shape index (κ3) is 1.42. The highest BCUT2D eigenvalue weighted by molar-refractivity contribution is 7.10. The summed E-state index contributed by atoms with van der Waals surface area (Å²) < 4.78 is 0. The Morgan fingerprint density at radius 3 is 3.08 bits per heavy atom. The summed E-state index contributed by atoms with van der Waals surface area (Å²) in [5.41, 5.74) is 7.80. The van der Waals surface area contributed by atoms with Crippen molar-refractivity contribution in [2.45, 2.75) is 32.6 Å². The van der Waals surface area contributed by atoms with E-state index in [0.717, 1.165) is 6.54 Å². The fraction of sp³-hybridized carbons (Fsp3) is 0.636. The first-order chi connectivity index (χ1) is 6.15. The topological polar surface area (TPSA) is 26.0 Å². The zero-order valence-corrected chi connectivity index (χ0v) is 9.16. The zero-order valence-electron chi connectivity index (χ0n) is 8.34. The van der Waals surface area contributed by atoms with E-state index >= 15 is 0 Å². The Bertz CT molecular complexity index is 301. The fourth-order valence-corrected chi connectivity index (χ4v) is 3.55. The first-order valence-corrected chi connectivity index (χ1v) is 5.79. The quantitative estimate of drug-likeness (QED) is 0.732. The Labute approximate surface area is 84.0 Å². The molecule has 13 heavy (non-hydrogen) atoms. The van der Waals surface area contributed by atoms with Gasteiger partial charge in [0.05, 0.1) is 0 Å². The van der Waals surface area contributed by atoms with Gasteiger partial charge in [0, 0.05) is 17.3 Å². The van der Waals surface area contributed by atoms with Crippen molar-refractivity contribution in [3.63, 3.8) is 0 Å². The summed E-state index contributed by atoms with van der Waals surface area (Å²) in [4.78, 5) is 1.54. The van der Waals surface area contributed by atoms with Gasteiger partial charge >= 0.3 is 0 Å². The number of aryl methyl sites for hydroxylation is 1. The Kier molecular flexibility index (Phi) is 2.20. The van der Waals surface area contributed by atoms with Gasteiger partial charge in [0.25, 0.3) is 0 Å². The molecule has 1 nitrogen and oxygen atoms in total. The molecule has 1 aliphatic carbocycles. The molecule has 0 amide bonds. The minimum absolute atomic E-state index is 0.395. The average Bonchev–Trinajstić information content (AvgIpc) is 2.50. The summed E-state index contributed by atoms with van der Waals surface area (Å²) in [5, 5.41) is 2.20. The highest BCUT2D eigenvalue weighted by atomic mass is 32.1. The van der Waals surface area contributed by atoms with Gasteiger partial charge in [-0.3, -0.25) is 0 Å². The van der Waals surface area contributed by atoms with Crippen LogP contribution in [-0.4, -0.2) is 6.54 Å². The lowest BCUT2D eigenvalue weighted by Gasteiger charge is -2.37. The van der Waals surface area contributed by atoms with Gasteiger partial charge in [-0.05, 0) is 35.3 Å². The van der Waals surface area contributed by atoms with Gasteiger partial charge in [-0.1, -0.05) is 13.8 Å². The molecule has 2 N–H and O–H groups in total.